The number of alkyl halides is 1. The second-order valence-corrected chi connectivity index (χ2v) is 8.59. The SMILES string of the molecule is C=C1C[C@H](OC(C)=O)[C@H](Br)C(C)(C)[C@]12CC=C(C)C[C@H]2OC(C)=O. The van der Waals surface area contributed by atoms with Gasteiger partial charge in [-0.05, 0) is 18.8 Å². The number of esters is 2. The largest absolute Gasteiger partial charge is 0.461 e. The maximum Gasteiger partial charge on any atom is 0.302 e. The molecule has 2 aliphatic rings. The van der Waals surface area contributed by atoms with Crippen molar-refractivity contribution < 1.29 is 19.1 Å². The fraction of sp³-hybridized carbons (Fsp3) is 0.684. The molecule has 0 N–H and O–H groups in total. The van der Waals surface area contributed by atoms with Crippen LogP contribution in [0.5, 0.6) is 0 Å². The minimum absolute atomic E-state index is 0.0516. The third-order valence-corrected chi connectivity index (χ3v) is 7.43. The molecule has 24 heavy (non-hydrogen) atoms. The predicted octanol–water partition coefficient (Wildman–Crippen LogP) is 4.33. The quantitative estimate of drug-likeness (QED) is 0.394. The van der Waals surface area contributed by atoms with Gasteiger partial charge in [-0.25, -0.2) is 0 Å². The topological polar surface area (TPSA) is 52.6 Å². The Morgan fingerprint density at radius 1 is 1.21 bits per heavy atom. The van der Waals surface area contributed by atoms with E-state index in [1.54, 1.807) is 0 Å². The number of carbonyl (C=O) groups is 2. The summed E-state index contributed by atoms with van der Waals surface area (Å²) in [5.41, 5.74) is 1.54. The molecule has 2 aliphatic carbocycles. The summed E-state index contributed by atoms with van der Waals surface area (Å²) in [5.74, 6) is -0.564. The highest BCUT2D eigenvalue weighted by molar-refractivity contribution is 9.09. The molecule has 0 amide bonds. The van der Waals surface area contributed by atoms with Crippen LogP contribution in [0.1, 0.15) is 53.9 Å². The van der Waals surface area contributed by atoms with Gasteiger partial charge >= 0.3 is 11.9 Å². The molecule has 0 aromatic carbocycles. The van der Waals surface area contributed by atoms with Crippen molar-refractivity contribution in [3.63, 3.8) is 0 Å². The minimum atomic E-state index is -0.372. The van der Waals surface area contributed by atoms with Crippen molar-refractivity contribution in [1.29, 1.82) is 0 Å². The maximum atomic E-state index is 11.7. The number of hydrogen-bond donors (Lipinski definition) is 0. The van der Waals surface area contributed by atoms with E-state index in [9.17, 15) is 9.59 Å². The first kappa shape index (κ1) is 19.2. The lowest BCUT2D eigenvalue weighted by Crippen LogP contribution is -2.60. The number of hydrogen-bond acceptors (Lipinski definition) is 4. The fourth-order valence-electron chi connectivity index (χ4n) is 4.42. The molecule has 0 aromatic rings. The highest BCUT2D eigenvalue weighted by Crippen LogP contribution is 2.62. The molecule has 1 spiro atoms. The number of allylic oxidation sites excluding steroid dienone is 1. The van der Waals surface area contributed by atoms with Crippen molar-refractivity contribution in [2.75, 3.05) is 0 Å². The second kappa shape index (κ2) is 6.66. The summed E-state index contributed by atoms with van der Waals surface area (Å²) >= 11 is 3.77. The Morgan fingerprint density at radius 2 is 1.79 bits per heavy atom. The molecule has 0 aromatic heterocycles. The average Bonchev–Trinajstić information content (AvgIpc) is 2.43. The van der Waals surface area contributed by atoms with E-state index in [-0.39, 0.29) is 39.8 Å². The highest BCUT2D eigenvalue weighted by atomic mass is 79.9. The van der Waals surface area contributed by atoms with Crippen LogP contribution in [-0.2, 0) is 19.1 Å². The van der Waals surface area contributed by atoms with Gasteiger partial charge in [0.25, 0.3) is 0 Å². The first-order chi connectivity index (χ1) is 11.0. The Hall–Kier alpha value is -1.10. The van der Waals surface area contributed by atoms with Gasteiger partial charge in [0, 0.05) is 32.1 Å². The molecular formula is C19H27BrO4. The lowest BCUT2D eigenvalue weighted by molar-refractivity contribution is -0.165. The molecule has 0 heterocycles. The molecule has 4 atom stereocenters. The lowest BCUT2D eigenvalue weighted by Gasteiger charge is -2.59. The van der Waals surface area contributed by atoms with Crippen LogP contribution in [0.2, 0.25) is 0 Å². The van der Waals surface area contributed by atoms with Gasteiger partial charge in [0.2, 0.25) is 0 Å². The van der Waals surface area contributed by atoms with Crippen LogP contribution in [-0.4, -0.2) is 29.0 Å². The zero-order valence-electron chi connectivity index (χ0n) is 15.1. The standard InChI is InChI=1S/C19H27BrO4/c1-11-7-8-19(16(9-11)24-14(4)22)12(2)10-15(23-13(3)21)17(20)18(19,5)6/h7,15-17H,2,8-10H2,1,3-6H3/t15-,16+,17-,19+/m0/s1. The van der Waals surface area contributed by atoms with Crippen molar-refractivity contribution >= 4 is 27.9 Å². The van der Waals surface area contributed by atoms with Crippen molar-refractivity contribution in [3.8, 4) is 0 Å². The number of halogens is 1. The van der Waals surface area contributed by atoms with Gasteiger partial charge in [0.1, 0.15) is 12.2 Å². The summed E-state index contributed by atoms with van der Waals surface area (Å²) in [6, 6.07) is 0. The van der Waals surface area contributed by atoms with Gasteiger partial charge in [-0.15, -0.1) is 0 Å². The lowest BCUT2D eigenvalue weighted by atomic mass is 9.49. The Kier molecular flexibility index (Phi) is 5.34. The summed E-state index contributed by atoms with van der Waals surface area (Å²) in [7, 11) is 0. The van der Waals surface area contributed by atoms with Crippen molar-refractivity contribution in [3.05, 3.63) is 23.8 Å². The molecule has 1 fully saturated rings. The number of carbonyl (C=O) groups excluding carboxylic acids is 2. The highest BCUT2D eigenvalue weighted by Gasteiger charge is 2.61. The van der Waals surface area contributed by atoms with Crippen molar-refractivity contribution in [1.82, 2.24) is 0 Å². The molecule has 1 saturated carbocycles. The van der Waals surface area contributed by atoms with E-state index in [1.165, 1.54) is 19.4 Å². The van der Waals surface area contributed by atoms with Gasteiger partial charge < -0.3 is 9.47 Å². The van der Waals surface area contributed by atoms with Gasteiger partial charge in [0.15, 0.2) is 0 Å². The van der Waals surface area contributed by atoms with Gasteiger partial charge in [-0.2, -0.15) is 0 Å². The van der Waals surface area contributed by atoms with E-state index in [2.05, 4.69) is 49.4 Å². The molecule has 0 unspecified atom stereocenters. The predicted molar refractivity (Wildman–Crippen MR) is 96.8 cm³/mol. The van der Waals surface area contributed by atoms with Crippen LogP contribution in [0.25, 0.3) is 0 Å². The summed E-state index contributed by atoms with van der Waals surface area (Å²) < 4.78 is 11.3. The number of rotatable bonds is 2. The van der Waals surface area contributed by atoms with E-state index in [1.807, 2.05) is 0 Å². The molecule has 134 valence electrons. The van der Waals surface area contributed by atoms with E-state index >= 15 is 0 Å². The van der Waals surface area contributed by atoms with Crippen molar-refractivity contribution in [2.45, 2.75) is 70.9 Å². The molecule has 5 heteroatoms. The van der Waals surface area contributed by atoms with Crippen LogP contribution >= 0.6 is 15.9 Å². The summed E-state index contributed by atoms with van der Waals surface area (Å²) in [6.45, 7) is 13.5. The molecule has 0 radical (unpaired) electrons. The number of ether oxygens (including phenoxy) is 2. The summed E-state index contributed by atoms with van der Waals surface area (Å²) in [5, 5.41) is 0. The van der Waals surface area contributed by atoms with Crippen LogP contribution in [0.3, 0.4) is 0 Å². The third-order valence-electron chi connectivity index (χ3n) is 5.70. The Balaban J connectivity index is 2.47. The van der Waals surface area contributed by atoms with Gasteiger partial charge in [-0.1, -0.05) is 53.6 Å². The normalized spacial score (nSPS) is 35.3. The monoisotopic (exact) mass is 398 g/mol. The fourth-order valence-corrected chi connectivity index (χ4v) is 5.12. The molecule has 0 aliphatic heterocycles. The molecule has 0 bridgehead atoms. The molecular weight excluding hydrogens is 372 g/mol. The van der Waals surface area contributed by atoms with Gasteiger partial charge in [-0.3, -0.25) is 9.59 Å². The summed E-state index contributed by atoms with van der Waals surface area (Å²) in [4.78, 5) is 23.1. The summed E-state index contributed by atoms with van der Waals surface area (Å²) in [6.07, 6.45) is 3.77. The maximum absolute atomic E-state index is 11.7. The second-order valence-electron chi connectivity index (χ2n) is 7.61. The van der Waals surface area contributed by atoms with E-state index < -0.39 is 0 Å². The molecule has 0 saturated heterocycles. The van der Waals surface area contributed by atoms with E-state index in [4.69, 9.17) is 9.47 Å². The van der Waals surface area contributed by atoms with Crippen LogP contribution in [0, 0.1) is 10.8 Å². The molecule has 2 rings (SSSR count). The van der Waals surface area contributed by atoms with E-state index in [0.717, 1.165) is 12.0 Å². The van der Waals surface area contributed by atoms with E-state index in [0.29, 0.717) is 12.8 Å². The van der Waals surface area contributed by atoms with Gasteiger partial charge in [0.05, 0.1) is 4.83 Å². The third kappa shape index (κ3) is 3.07. The first-order valence-corrected chi connectivity index (χ1v) is 9.26. The smallest absolute Gasteiger partial charge is 0.302 e. The Labute approximate surface area is 152 Å². The van der Waals surface area contributed by atoms with Crippen molar-refractivity contribution in [2.24, 2.45) is 10.8 Å². The van der Waals surface area contributed by atoms with Crippen LogP contribution in [0.15, 0.2) is 23.8 Å². The molecule has 4 nitrogen and oxygen atoms in total. The average molecular weight is 399 g/mol. The Morgan fingerprint density at radius 3 is 2.33 bits per heavy atom. The minimum Gasteiger partial charge on any atom is -0.461 e. The Bertz CT molecular complexity index is 592. The zero-order valence-corrected chi connectivity index (χ0v) is 16.7. The zero-order chi connectivity index (χ0) is 18.3. The van der Waals surface area contributed by atoms with Crippen LogP contribution in [0.4, 0.5) is 0 Å². The first-order valence-electron chi connectivity index (χ1n) is 8.34. The van der Waals surface area contributed by atoms with Crippen LogP contribution < -0.4 is 0 Å².